The third-order valence-corrected chi connectivity index (χ3v) is 0.354. The fraction of sp³-hybridized carbons (Fsp3) is 1.00. The normalized spacial score (nSPS) is 14.3. The maximum absolute atomic E-state index is 7.12. The summed E-state index contributed by atoms with van der Waals surface area (Å²) >= 11 is 0. The van der Waals surface area contributed by atoms with Gasteiger partial charge in [0.25, 0.3) is 0 Å². The molecule has 6 heavy (non-hydrogen) atoms. The SMILES string of the molecule is C1CC1.OBO. The van der Waals surface area contributed by atoms with Crippen molar-refractivity contribution in [2.24, 2.45) is 0 Å². The predicted octanol–water partition coefficient (Wildman–Crippen LogP) is -0.592. The average molecular weight is 87.9 g/mol. The van der Waals surface area contributed by atoms with Gasteiger partial charge in [0.2, 0.25) is 0 Å². The van der Waals surface area contributed by atoms with Gasteiger partial charge in [-0.1, -0.05) is 19.3 Å². The van der Waals surface area contributed by atoms with Gasteiger partial charge in [0, 0.05) is 0 Å². The van der Waals surface area contributed by atoms with Crippen LogP contribution in [0.2, 0.25) is 0 Å². The van der Waals surface area contributed by atoms with Crippen molar-refractivity contribution < 1.29 is 10.0 Å². The van der Waals surface area contributed by atoms with Gasteiger partial charge in [-0.25, -0.2) is 0 Å². The number of hydrogen-bond donors (Lipinski definition) is 2. The van der Waals surface area contributed by atoms with Crippen LogP contribution in [0.1, 0.15) is 19.3 Å². The van der Waals surface area contributed by atoms with E-state index < -0.39 is 7.69 Å². The minimum atomic E-state index is -0.750. The Bertz CT molecular complexity index is 20.0. The lowest BCUT2D eigenvalue weighted by molar-refractivity contribution is 0.448. The van der Waals surface area contributed by atoms with Crippen molar-refractivity contribution in [3.8, 4) is 0 Å². The third kappa shape index (κ3) is 36.6. The van der Waals surface area contributed by atoms with Gasteiger partial charge in [-0.2, -0.15) is 0 Å². The maximum Gasteiger partial charge on any atom is 0.432 e. The molecule has 0 unspecified atom stereocenters. The van der Waals surface area contributed by atoms with Crippen molar-refractivity contribution >= 4 is 7.69 Å². The van der Waals surface area contributed by atoms with Gasteiger partial charge in [-0.3, -0.25) is 0 Å². The van der Waals surface area contributed by atoms with E-state index in [4.69, 9.17) is 10.0 Å². The maximum atomic E-state index is 7.12. The molecule has 36 valence electrons. The van der Waals surface area contributed by atoms with Crippen LogP contribution in [0.25, 0.3) is 0 Å². The molecular formula is C3H9BO2. The van der Waals surface area contributed by atoms with Crippen LogP contribution < -0.4 is 0 Å². The molecule has 1 aliphatic rings. The molecule has 1 rings (SSSR count). The molecular weight excluding hydrogens is 78.8 g/mol. The second-order valence-electron chi connectivity index (χ2n) is 1.20. The highest BCUT2D eigenvalue weighted by molar-refractivity contribution is 6.13. The zero-order chi connectivity index (χ0) is 4.83. The van der Waals surface area contributed by atoms with E-state index in [0.717, 1.165) is 0 Å². The van der Waals surface area contributed by atoms with Crippen molar-refractivity contribution in [3.63, 3.8) is 0 Å². The molecule has 0 heterocycles. The molecule has 2 N–H and O–H groups in total. The van der Waals surface area contributed by atoms with Gasteiger partial charge < -0.3 is 10.0 Å². The second kappa shape index (κ2) is 4.98. The van der Waals surface area contributed by atoms with Crippen LogP contribution in [0.3, 0.4) is 0 Å². The van der Waals surface area contributed by atoms with Gasteiger partial charge in [0.15, 0.2) is 0 Å². The molecule has 0 spiro atoms. The smallest absolute Gasteiger partial charge is 0.430 e. The van der Waals surface area contributed by atoms with Crippen LogP contribution in [-0.4, -0.2) is 17.7 Å². The molecule has 0 amide bonds. The predicted molar refractivity (Wildman–Crippen MR) is 25.4 cm³/mol. The van der Waals surface area contributed by atoms with E-state index >= 15 is 0 Å². The zero-order valence-electron chi connectivity index (χ0n) is 3.72. The highest BCUT2D eigenvalue weighted by Gasteiger charge is 1.95. The van der Waals surface area contributed by atoms with Crippen LogP contribution in [0.15, 0.2) is 0 Å². The monoisotopic (exact) mass is 88.1 g/mol. The molecule has 1 aliphatic carbocycles. The first-order valence-electron chi connectivity index (χ1n) is 2.13. The molecule has 3 heteroatoms. The molecule has 1 saturated carbocycles. The molecule has 1 fully saturated rings. The van der Waals surface area contributed by atoms with Crippen LogP contribution in [0.5, 0.6) is 0 Å². The summed E-state index contributed by atoms with van der Waals surface area (Å²) in [6, 6.07) is 0. The Hall–Kier alpha value is -0.0151. The lowest BCUT2D eigenvalue weighted by atomic mass is 10.5. The summed E-state index contributed by atoms with van der Waals surface area (Å²) in [4.78, 5) is 0. The summed E-state index contributed by atoms with van der Waals surface area (Å²) in [6.45, 7) is 0. The van der Waals surface area contributed by atoms with E-state index in [1.54, 1.807) is 0 Å². The van der Waals surface area contributed by atoms with E-state index in [1.807, 2.05) is 0 Å². The Balaban J connectivity index is 0.0000000833. The Labute approximate surface area is 38.1 Å². The van der Waals surface area contributed by atoms with Gasteiger partial charge in [-0.05, 0) is 0 Å². The Morgan fingerprint density at radius 3 is 1.17 bits per heavy atom. The molecule has 0 atom stereocenters. The van der Waals surface area contributed by atoms with Crippen molar-refractivity contribution in [2.75, 3.05) is 0 Å². The fourth-order valence-electron chi connectivity index (χ4n) is 0. The summed E-state index contributed by atoms with van der Waals surface area (Å²) in [5, 5.41) is 14.2. The Morgan fingerprint density at radius 2 is 1.17 bits per heavy atom. The Morgan fingerprint density at radius 1 is 1.00 bits per heavy atom. The highest BCUT2D eigenvalue weighted by Crippen LogP contribution is 2.14. The molecule has 2 nitrogen and oxygen atoms in total. The molecule has 0 bridgehead atoms. The van der Waals surface area contributed by atoms with E-state index in [-0.39, 0.29) is 0 Å². The summed E-state index contributed by atoms with van der Waals surface area (Å²) in [5.41, 5.74) is 0. The summed E-state index contributed by atoms with van der Waals surface area (Å²) in [7, 11) is -0.750. The van der Waals surface area contributed by atoms with Crippen molar-refractivity contribution in [1.82, 2.24) is 0 Å². The third-order valence-electron chi connectivity index (χ3n) is 0.354. The van der Waals surface area contributed by atoms with Gasteiger partial charge in [0.1, 0.15) is 0 Å². The highest BCUT2D eigenvalue weighted by atomic mass is 16.4. The quantitative estimate of drug-likeness (QED) is 0.388. The summed E-state index contributed by atoms with van der Waals surface area (Å²) in [5.74, 6) is 0. The van der Waals surface area contributed by atoms with Crippen molar-refractivity contribution in [1.29, 1.82) is 0 Å². The number of hydrogen-bond acceptors (Lipinski definition) is 2. The van der Waals surface area contributed by atoms with Crippen molar-refractivity contribution in [3.05, 3.63) is 0 Å². The largest absolute Gasteiger partial charge is 0.432 e. The van der Waals surface area contributed by atoms with E-state index in [1.165, 1.54) is 19.3 Å². The first kappa shape index (κ1) is 5.98. The lowest BCUT2D eigenvalue weighted by Crippen LogP contribution is -1.75. The molecule has 0 aliphatic heterocycles. The molecule has 0 aromatic rings. The number of rotatable bonds is 0. The lowest BCUT2D eigenvalue weighted by Gasteiger charge is -1.48. The molecule has 0 aromatic heterocycles. The molecule has 0 radical (unpaired) electrons. The minimum Gasteiger partial charge on any atom is -0.430 e. The zero-order valence-corrected chi connectivity index (χ0v) is 3.72. The van der Waals surface area contributed by atoms with Crippen LogP contribution in [0.4, 0.5) is 0 Å². The van der Waals surface area contributed by atoms with E-state index in [9.17, 15) is 0 Å². The van der Waals surface area contributed by atoms with Gasteiger partial charge in [-0.15, -0.1) is 0 Å². The molecule has 0 saturated heterocycles. The second-order valence-corrected chi connectivity index (χ2v) is 1.20. The van der Waals surface area contributed by atoms with Crippen LogP contribution in [0, 0.1) is 0 Å². The van der Waals surface area contributed by atoms with Crippen molar-refractivity contribution in [2.45, 2.75) is 19.3 Å². The van der Waals surface area contributed by atoms with E-state index in [0.29, 0.717) is 0 Å². The van der Waals surface area contributed by atoms with Gasteiger partial charge in [0.05, 0.1) is 0 Å². The average Bonchev–Trinajstić information content (AvgIpc) is 2.11. The first-order valence-corrected chi connectivity index (χ1v) is 2.13. The first-order chi connectivity index (χ1) is 2.91. The standard InChI is InChI=1S/C3H6.BH3O2/c1-2-3-1;2-1-3/h1-3H2;1-3H. The van der Waals surface area contributed by atoms with Crippen LogP contribution >= 0.6 is 0 Å². The van der Waals surface area contributed by atoms with Crippen LogP contribution in [-0.2, 0) is 0 Å². The van der Waals surface area contributed by atoms with Gasteiger partial charge >= 0.3 is 7.69 Å². The topological polar surface area (TPSA) is 40.5 Å². The molecule has 0 aromatic carbocycles. The minimum absolute atomic E-state index is 0.750. The summed E-state index contributed by atoms with van der Waals surface area (Å²) in [6.07, 6.45) is 4.50. The fourth-order valence-corrected chi connectivity index (χ4v) is 0. The Kier molecular flexibility index (Phi) is 4.97. The summed E-state index contributed by atoms with van der Waals surface area (Å²) < 4.78 is 0. The van der Waals surface area contributed by atoms with E-state index in [2.05, 4.69) is 0 Å².